The Bertz CT molecular complexity index is 366. The zero-order valence-electron chi connectivity index (χ0n) is 11.7. The number of rotatable bonds is 1. The number of hydrogen-bond acceptors (Lipinski definition) is 3. The molecule has 102 valence electrons. The van der Waals surface area contributed by atoms with Crippen molar-refractivity contribution < 1.29 is 15.0 Å². The van der Waals surface area contributed by atoms with Crippen LogP contribution >= 0.6 is 0 Å². The molecule has 0 aromatic heterocycles. The van der Waals surface area contributed by atoms with Crippen molar-refractivity contribution in [2.24, 2.45) is 11.8 Å². The van der Waals surface area contributed by atoms with Crippen LogP contribution in [0.25, 0.3) is 0 Å². The molecule has 3 heteroatoms. The topological polar surface area (TPSA) is 57.5 Å². The molecule has 0 spiro atoms. The second-order valence-electron chi connectivity index (χ2n) is 5.58. The van der Waals surface area contributed by atoms with Gasteiger partial charge in [-0.15, -0.1) is 0 Å². The minimum atomic E-state index is -1.01. The quantitative estimate of drug-likeness (QED) is 0.704. The average Bonchev–Trinajstić information content (AvgIpc) is 2.25. The lowest BCUT2D eigenvalue weighted by Gasteiger charge is -2.30. The van der Waals surface area contributed by atoms with Gasteiger partial charge in [-0.05, 0) is 31.8 Å². The summed E-state index contributed by atoms with van der Waals surface area (Å²) in [7, 11) is 0. The summed E-state index contributed by atoms with van der Waals surface area (Å²) >= 11 is 0. The molecule has 0 amide bonds. The van der Waals surface area contributed by atoms with Gasteiger partial charge < -0.3 is 10.2 Å². The third kappa shape index (κ3) is 3.53. The van der Waals surface area contributed by atoms with Crippen LogP contribution in [-0.2, 0) is 4.79 Å². The fourth-order valence-corrected chi connectivity index (χ4v) is 2.45. The molecule has 0 radical (unpaired) electrons. The molecular formula is C15H24O3. The van der Waals surface area contributed by atoms with Crippen LogP contribution in [-0.4, -0.2) is 28.2 Å². The van der Waals surface area contributed by atoms with E-state index in [9.17, 15) is 15.0 Å². The molecule has 0 aromatic carbocycles. The maximum absolute atomic E-state index is 12.2. The second-order valence-corrected chi connectivity index (χ2v) is 5.58. The molecule has 3 atom stereocenters. The average molecular weight is 252 g/mol. The molecule has 1 aliphatic rings. The number of aliphatic hydroxyl groups is 2. The Balaban J connectivity index is 3.10. The Hall–Kier alpha value is -0.930. The highest BCUT2D eigenvalue weighted by Gasteiger charge is 2.34. The summed E-state index contributed by atoms with van der Waals surface area (Å²) in [5.41, 5.74) is 1.75. The maximum Gasteiger partial charge on any atom is 0.142 e. The molecule has 0 bridgehead atoms. The number of hydrogen-bond donors (Lipinski definition) is 2. The molecule has 1 aliphatic carbocycles. The molecule has 18 heavy (non-hydrogen) atoms. The van der Waals surface area contributed by atoms with Crippen LogP contribution in [0.4, 0.5) is 0 Å². The smallest absolute Gasteiger partial charge is 0.142 e. The fourth-order valence-electron chi connectivity index (χ4n) is 2.45. The minimum Gasteiger partial charge on any atom is -0.389 e. The molecule has 0 unspecified atom stereocenters. The Morgan fingerprint density at radius 2 is 1.83 bits per heavy atom. The van der Waals surface area contributed by atoms with Gasteiger partial charge in [-0.1, -0.05) is 31.6 Å². The third-order valence-electron chi connectivity index (χ3n) is 3.61. The maximum atomic E-state index is 12.2. The van der Waals surface area contributed by atoms with Crippen LogP contribution in [0.15, 0.2) is 23.3 Å². The number of Topliss-reactive ketones (excluding diaryl/α,β-unsaturated/α-hetero) is 1. The zero-order valence-corrected chi connectivity index (χ0v) is 11.7. The van der Waals surface area contributed by atoms with Gasteiger partial charge in [0.15, 0.2) is 0 Å². The summed E-state index contributed by atoms with van der Waals surface area (Å²) < 4.78 is 0. The highest BCUT2D eigenvalue weighted by atomic mass is 16.3. The normalized spacial score (nSPS) is 36.8. The van der Waals surface area contributed by atoms with E-state index in [2.05, 4.69) is 0 Å². The SMILES string of the molecule is C/C1=C/C/C=C(\C)CC(=O)[C@@H](C(C)C)[C@@H](O)[C@@H]1O. The standard InChI is InChI=1S/C15H24O3/c1-9(2)13-12(16)8-10(3)6-5-7-11(4)14(17)15(13)18/h6-7,9,13-15,17-18H,5,8H2,1-4H3/b10-6+,11-7-/t13-,14-,15-/m1/s1. The highest BCUT2D eigenvalue weighted by Crippen LogP contribution is 2.26. The Morgan fingerprint density at radius 1 is 1.22 bits per heavy atom. The molecule has 2 N–H and O–H groups in total. The van der Waals surface area contributed by atoms with E-state index in [0.717, 1.165) is 11.1 Å². The first kappa shape index (κ1) is 15.1. The van der Waals surface area contributed by atoms with Crippen LogP contribution in [0.3, 0.4) is 0 Å². The lowest BCUT2D eigenvalue weighted by atomic mass is 9.80. The van der Waals surface area contributed by atoms with E-state index in [0.29, 0.717) is 12.8 Å². The van der Waals surface area contributed by atoms with Gasteiger partial charge in [0.1, 0.15) is 11.9 Å². The summed E-state index contributed by atoms with van der Waals surface area (Å²) in [6.45, 7) is 7.54. The summed E-state index contributed by atoms with van der Waals surface area (Å²) in [6.07, 6.45) is 3.00. The monoisotopic (exact) mass is 252 g/mol. The third-order valence-corrected chi connectivity index (χ3v) is 3.61. The van der Waals surface area contributed by atoms with Crippen LogP contribution in [0, 0.1) is 11.8 Å². The fraction of sp³-hybridized carbons (Fsp3) is 0.667. The van der Waals surface area contributed by atoms with Gasteiger partial charge in [0.25, 0.3) is 0 Å². The molecular weight excluding hydrogens is 228 g/mol. The van der Waals surface area contributed by atoms with E-state index < -0.39 is 18.1 Å². The van der Waals surface area contributed by atoms with Crippen molar-refractivity contribution in [2.75, 3.05) is 0 Å². The van der Waals surface area contributed by atoms with Gasteiger partial charge in [-0.3, -0.25) is 4.79 Å². The highest BCUT2D eigenvalue weighted by molar-refractivity contribution is 5.84. The largest absolute Gasteiger partial charge is 0.389 e. The Labute approximate surface area is 109 Å². The van der Waals surface area contributed by atoms with Gasteiger partial charge in [0.05, 0.1) is 6.10 Å². The van der Waals surface area contributed by atoms with Crippen molar-refractivity contribution in [3.63, 3.8) is 0 Å². The Morgan fingerprint density at radius 3 is 2.39 bits per heavy atom. The van der Waals surface area contributed by atoms with Crippen LogP contribution in [0.1, 0.15) is 40.5 Å². The van der Waals surface area contributed by atoms with E-state index in [4.69, 9.17) is 0 Å². The van der Waals surface area contributed by atoms with E-state index >= 15 is 0 Å². The van der Waals surface area contributed by atoms with Crippen molar-refractivity contribution in [3.8, 4) is 0 Å². The van der Waals surface area contributed by atoms with E-state index in [1.807, 2.05) is 32.9 Å². The first-order chi connectivity index (χ1) is 8.34. The summed E-state index contributed by atoms with van der Waals surface area (Å²) in [5, 5.41) is 20.3. The van der Waals surface area contributed by atoms with Crippen molar-refractivity contribution in [1.29, 1.82) is 0 Å². The number of allylic oxidation sites excluding steroid dienone is 3. The lowest BCUT2D eigenvalue weighted by Crippen LogP contribution is -2.41. The summed E-state index contributed by atoms with van der Waals surface area (Å²) in [4.78, 5) is 12.2. The van der Waals surface area contributed by atoms with Gasteiger partial charge in [0.2, 0.25) is 0 Å². The molecule has 0 saturated heterocycles. The van der Waals surface area contributed by atoms with Crippen molar-refractivity contribution in [2.45, 2.75) is 52.7 Å². The first-order valence-corrected chi connectivity index (χ1v) is 6.55. The first-order valence-electron chi connectivity index (χ1n) is 6.55. The molecule has 1 rings (SSSR count). The van der Waals surface area contributed by atoms with Crippen molar-refractivity contribution >= 4 is 5.78 Å². The molecule has 0 saturated carbocycles. The molecule has 0 heterocycles. The Kier molecular flexibility index (Phi) is 5.29. The van der Waals surface area contributed by atoms with Crippen LogP contribution < -0.4 is 0 Å². The van der Waals surface area contributed by atoms with Crippen molar-refractivity contribution in [3.05, 3.63) is 23.3 Å². The predicted octanol–water partition coefficient (Wildman–Crippen LogP) is 2.24. The lowest BCUT2D eigenvalue weighted by molar-refractivity contribution is -0.130. The van der Waals surface area contributed by atoms with Crippen LogP contribution in [0.2, 0.25) is 0 Å². The number of ketones is 1. The second kappa shape index (κ2) is 6.30. The van der Waals surface area contributed by atoms with Gasteiger partial charge in [-0.2, -0.15) is 0 Å². The molecule has 0 aromatic rings. The number of carbonyl (C=O) groups is 1. The zero-order chi connectivity index (χ0) is 13.9. The molecule has 3 nitrogen and oxygen atoms in total. The van der Waals surface area contributed by atoms with E-state index in [1.54, 1.807) is 6.92 Å². The summed E-state index contributed by atoms with van der Waals surface area (Å²) in [5.74, 6) is -0.480. The molecule has 0 fully saturated rings. The minimum absolute atomic E-state index is 0.0139. The van der Waals surface area contributed by atoms with E-state index in [-0.39, 0.29) is 11.7 Å². The van der Waals surface area contributed by atoms with Gasteiger partial charge in [-0.25, -0.2) is 0 Å². The van der Waals surface area contributed by atoms with Crippen LogP contribution in [0.5, 0.6) is 0 Å². The van der Waals surface area contributed by atoms with Crippen molar-refractivity contribution in [1.82, 2.24) is 0 Å². The summed E-state index contributed by atoms with van der Waals surface area (Å²) in [6, 6.07) is 0. The van der Waals surface area contributed by atoms with Gasteiger partial charge in [0, 0.05) is 12.3 Å². The van der Waals surface area contributed by atoms with E-state index in [1.165, 1.54) is 0 Å². The number of aliphatic hydroxyl groups excluding tert-OH is 2. The van der Waals surface area contributed by atoms with Gasteiger partial charge >= 0.3 is 0 Å². The molecule has 0 aliphatic heterocycles. The number of carbonyl (C=O) groups excluding carboxylic acids is 1. The predicted molar refractivity (Wildman–Crippen MR) is 72.1 cm³/mol.